The Kier molecular flexibility index (Phi) is 6.81. The summed E-state index contributed by atoms with van der Waals surface area (Å²) in [6, 6.07) is 62.1. The van der Waals surface area contributed by atoms with Crippen molar-refractivity contribution >= 4 is 71.0 Å². The van der Waals surface area contributed by atoms with E-state index in [4.69, 9.17) is 0 Å². The molecule has 11 aromatic rings. The molecule has 3 aromatic heterocycles. The summed E-state index contributed by atoms with van der Waals surface area (Å²) in [5.41, 5.74) is 21.8. The highest BCUT2D eigenvalue weighted by Crippen LogP contribution is 2.54. The molecule has 0 amide bonds. The highest BCUT2D eigenvalue weighted by molar-refractivity contribution is 6.14. The average Bonchev–Trinajstić information content (AvgIpc) is 4.05. The first kappa shape index (κ1) is 35.3. The van der Waals surface area contributed by atoms with Gasteiger partial charge in [-0.15, -0.1) is 0 Å². The van der Waals surface area contributed by atoms with Crippen molar-refractivity contribution in [2.24, 2.45) is 0 Å². The third-order valence-electron chi connectivity index (χ3n) is 15.3. The molecule has 8 aromatic carbocycles. The molecule has 0 unspecified atom stereocenters. The number of allylic oxidation sites excluding steroid dienone is 4. The molecule has 300 valence electrons. The fraction of sp³-hybridized carbons (Fsp3) is 0.133. The molecule has 0 radical (unpaired) electrons. The quantitative estimate of drug-likeness (QED) is 0.169. The van der Waals surface area contributed by atoms with Gasteiger partial charge in [-0.1, -0.05) is 137 Å². The predicted octanol–water partition coefficient (Wildman–Crippen LogP) is 15.7. The lowest BCUT2D eigenvalue weighted by molar-refractivity contribution is 0.652. The van der Waals surface area contributed by atoms with Crippen molar-refractivity contribution in [1.82, 2.24) is 13.7 Å². The van der Waals surface area contributed by atoms with Crippen molar-refractivity contribution in [1.29, 1.82) is 0 Å². The number of benzene rings is 8. The molecule has 3 aliphatic rings. The maximum absolute atomic E-state index is 2.61. The van der Waals surface area contributed by atoms with E-state index in [1.165, 1.54) is 110 Å². The highest BCUT2D eigenvalue weighted by Gasteiger charge is 2.39. The van der Waals surface area contributed by atoms with Crippen LogP contribution in [-0.2, 0) is 10.8 Å². The Balaban J connectivity index is 1.15. The molecule has 0 aliphatic heterocycles. The normalized spacial score (nSPS) is 15.9. The van der Waals surface area contributed by atoms with Crippen molar-refractivity contribution in [3.05, 3.63) is 204 Å². The molecule has 0 bridgehead atoms. The van der Waals surface area contributed by atoms with Gasteiger partial charge in [0.25, 0.3) is 0 Å². The molecule has 3 heterocycles. The second-order valence-electron chi connectivity index (χ2n) is 19.2. The van der Waals surface area contributed by atoms with Gasteiger partial charge >= 0.3 is 0 Å². The van der Waals surface area contributed by atoms with Gasteiger partial charge < -0.3 is 13.7 Å². The Bertz CT molecular complexity index is 3670. The van der Waals surface area contributed by atoms with E-state index in [2.05, 4.69) is 217 Å². The number of para-hydroxylation sites is 4. The van der Waals surface area contributed by atoms with E-state index < -0.39 is 0 Å². The largest absolute Gasteiger partial charge is 0.309 e. The van der Waals surface area contributed by atoms with Crippen molar-refractivity contribution in [2.45, 2.75) is 51.4 Å². The van der Waals surface area contributed by atoms with Gasteiger partial charge in [-0.2, -0.15) is 0 Å². The summed E-state index contributed by atoms with van der Waals surface area (Å²) >= 11 is 0. The van der Waals surface area contributed by atoms with Gasteiger partial charge in [-0.05, 0) is 124 Å². The smallest absolute Gasteiger partial charge is 0.0544 e. The third kappa shape index (κ3) is 4.54. The Morgan fingerprint density at radius 2 is 0.794 bits per heavy atom. The Labute approximate surface area is 366 Å². The van der Waals surface area contributed by atoms with Crippen molar-refractivity contribution in [3.8, 4) is 28.2 Å². The lowest BCUT2D eigenvalue weighted by Crippen LogP contribution is -2.16. The number of hydrogen-bond donors (Lipinski definition) is 0. The zero-order chi connectivity index (χ0) is 41.9. The SMILES string of the molecule is CC1(C)C2=C(CCC=C2)c2cc3c4cc5c(cc4n(-c4cc(-n6c7ccccc7c7ccccc76)cc(-n6c7ccccc7c7ccccc76)c4)c3cc21)C(C)(C)c1ccccc1-5. The maximum atomic E-state index is 2.61. The Hall–Kier alpha value is -7.36. The van der Waals surface area contributed by atoms with E-state index >= 15 is 0 Å². The number of fused-ring (bicyclic) bond motifs is 14. The number of aromatic nitrogens is 3. The monoisotopic (exact) mass is 807 g/mol. The summed E-state index contributed by atoms with van der Waals surface area (Å²) in [4.78, 5) is 0. The summed E-state index contributed by atoms with van der Waals surface area (Å²) in [7, 11) is 0. The van der Waals surface area contributed by atoms with Crippen LogP contribution in [0.5, 0.6) is 0 Å². The van der Waals surface area contributed by atoms with Crippen LogP contribution in [0.4, 0.5) is 0 Å². The van der Waals surface area contributed by atoms with Crippen LogP contribution in [0.1, 0.15) is 62.8 Å². The highest BCUT2D eigenvalue weighted by atomic mass is 15.0. The van der Waals surface area contributed by atoms with E-state index in [1.54, 1.807) is 0 Å². The molecule has 3 heteroatoms. The minimum Gasteiger partial charge on any atom is -0.309 e. The number of rotatable bonds is 3. The van der Waals surface area contributed by atoms with Crippen LogP contribution in [0.2, 0.25) is 0 Å². The van der Waals surface area contributed by atoms with Crippen LogP contribution in [-0.4, -0.2) is 13.7 Å². The first-order chi connectivity index (χ1) is 30.8. The van der Waals surface area contributed by atoms with Crippen LogP contribution in [0.3, 0.4) is 0 Å². The molecule has 0 atom stereocenters. The van der Waals surface area contributed by atoms with Crippen LogP contribution in [0.25, 0.3) is 99.2 Å². The van der Waals surface area contributed by atoms with Crippen LogP contribution in [0, 0.1) is 0 Å². The molecule has 0 spiro atoms. The second-order valence-corrected chi connectivity index (χ2v) is 19.2. The lowest BCUT2D eigenvalue weighted by atomic mass is 9.80. The minimum atomic E-state index is -0.141. The van der Waals surface area contributed by atoms with E-state index in [-0.39, 0.29) is 10.8 Å². The summed E-state index contributed by atoms with van der Waals surface area (Å²) in [6.07, 6.45) is 6.97. The zero-order valence-electron chi connectivity index (χ0n) is 36.0. The first-order valence-electron chi connectivity index (χ1n) is 22.6. The zero-order valence-corrected chi connectivity index (χ0v) is 36.0. The van der Waals surface area contributed by atoms with Crippen LogP contribution in [0.15, 0.2) is 182 Å². The predicted molar refractivity (Wildman–Crippen MR) is 265 cm³/mol. The molecular formula is C60H45N3. The van der Waals surface area contributed by atoms with Crippen molar-refractivity contribution in [3.63, 3.8) is 0 Å². The molecule has 0 saturated carbocycles. The van der Waals surface area contributed by atoms with Crippen molar-refractivity contribution in [2.75, 3.05) is 0 Å². The topological polar surface area (TPSA) is 14.8 Å². The third-order valence-corrected chi connectivity index (χ3v) is 15.3. The lowest BCUT2D eigenvalue weighted by Gasteiger charge is -2.24. The standard InChI is InChI=1S/C60H45N3/c1-59(2)49-23-11-5-17-39(49)45-32-47-48-33-46-40-18-6-12-24-50(40)60(3,4)52(46)35-58(48)63(57(47)34-51(45)59)38-30-36(61-53-25-13-7-19-41(53)42-20-8-14-26-54(42)61)29-37(31-38)62-55-27-15-9-21-43(55)44-22-10-16-28-56(44)62/h5,7-17,19-35H,6,18H2,1-4H3. The van der Waals surface area contributed by atoms with Crippen molar-refractivity contribution < 1.29 is 0 Å². The maximum Gasteiger partial charge on any atom is 0.0544 e. The van der Waals surface area contributed by atoms with Gasteiger partial charge in [0.2, 0.25) is 0 Å². The fourth-order valence-electron chi connectivity index (χ4n) is 12.3. The fourth-order valence-corrected chi connectivity index (χ4v) is 12.3. The molecule has 14 rings (SSSR count). The van der Waals surface area contributed by atoms with Gasteiger partial charge in [-0.3, -0.25) is 0 Å². The van der Waals surface area contributed by atoms with Gasteiger partial charge in [0.05, 0.1) is 50.2 Å². The molecule has 0 saturated heterocycles. The summed E-state index contributed by atoms with van der Waals surface area (Å²) in [5.74, 6) is 0. The average molecular weight is 808 g/mol. The minimum absolute atomic E-state index is 0.0985. The number of hydrogen-bond acceptors (Lipinski definition) is 0. The molecule has 0 fully saturated rings. The molecule has 63 heavy (non-hydrogen) atoms. The molecule has 0 N–H and O–H groups in total. The summed E-state index contributed by atoms with van der Waals surface area (Å²) in [6.45, 7) is 9.67. The molecule has 3 nitrogen and oxygen atoms in total. The van der Waals surface area contributed by atoms with Gasteiger partial charge in [0, 0.05) is 43.1 Å². The Morgan fingerprint density at radius 3 is 1.32 bits per heavy atom. The van der Waals surface area contributed by atoms with Crippen LogP contribution < -0.4 is 0 Å². The van der Waals surface area contributed by atoms with E-state index in [0.717, 1.165) is 29.9 Å². The van der Waals surface area contributed by atoms with E-state index in [9.17, 15) is 0 Å². The summed E-state index contributed by atoms with van der Waals surface area (Å²) < 4.78 is 7.59. The Morgan fingerprint density at radius 1 is 0.365 bits per heavy atom. The molecular weight excluding hydrogens is 763 g/mol. The number of nitrogens with zero attached hydrogens (tertiary/aromatic N) is 3. The molecule has 3 aliphatic carbocycles. The van der Waals surface area contributed by atoms with Gasteiger partial charge in [0.1, 0.15) is 0 Å². The van der Waals surface area contributed by atoms with Gasteiger partial charge in [0.15, 0.2) is 0 Å². The first-order valence-corrected chi connectivity index (χ1v) is 22.6. The van der Waals surface area contributed by atoms with E-state index in [1.807, 2.05) is 0 Å². The summed E-state index contributed by atoms with van der Waals surface area (Å²) in [5, 5.41) is 7.65. The van der Waals surface area contributed by atoms with Gasteiger partial charge in [-0.25, -0.2) is 0 Å². The second kappa shape index (κ2) is 12.2. The van der Waals surface area contributed by atoms with E-state index in [0.29, 0.717) is 0 Å². The van der Waals surface area contributed by atoms with Crippen LogP contribution >= 0.6 is 0 Å².